The Labute approximate surface area is 188 Å². The van der Waals surface area contributed by atoms with E-state index in [1.807, 2.05) is 24.3 Å². The quantitative estimate of drug-likeness (QED) is 0.163. The molecule has 0 fully saturated rings. The van der Waals surface area contributed by atoms with E-state index < -0.39 is 0 Å². The Morgan fingerprint density at radius 1 is 1.21 bits per heavy atom. The number of carbonyl (C=O) groups is 1. The predicted octanol–water partition coefficient (Wildman–Crippen LogP) is 4.19. The maximum absolute atomic E-state index is 12.1. The smallest absolute Gasteiger partial charge is 0.253 e. The summed E-state index contributed by atoms with van der Waals surface area (Å²) in [6.07, 6.45) is 7.46. The number of nitrogens with zero attached hydrogens (tertiary/aromatic N) is 3. The number of unbranched alkanes of at least 4 members (excludes halogenated alkanes) is 3. The number of rotatable bonds is 11. The topological polar surface area (TPSA) is 47.9 Å². The Morgan fingerprint density at radius 3 is 2.61 bits per heavy atom. The highest BCUT2D eigenvalue weighted by Crippen LogP contribution is 2.08. The van der Waals surface area contributed by atoms with E-state index >= 15 is 0 Å². The molecule has 0 unspecified atom stereocenters. The SMILES string of the molecule is C=CCCCCCN(C)C(=NCCc1cccc(C(=O)N(C)C)c1)NCC.I. The molecule has 6 heteroatoms. The molecule has 0 aliphatic carbocycles. The summed E-state index contributed by atoms with van der Waals surface area (Å²) in [5.41, 5.74) is 1.86. The Hall–Kier alpha value is -1.57. The molecule has 0 radical (unpaired) electrons. The van der Waals surface area contributed by atoms with Gasteiger partial charge in [0, 0.05) is 46.3 Å². The van der Waals surface area contributed by atoms with Gasteiger partial charge < -0.3 is 15.1 Å². The summed E-state index contributed by atoms with van der Waals surface area (Å²) >= 11 is 0. The Morgan fingerprint density at radius 2 is 1.96 bits per heavy atom. The lowest BCUT2D eigenvalue weighted by molar-refractivity contribution is 0.0827. The zero-order valence-corrected chi connectivity index (χ0v) is 20.2. The van der Waals surface area contributed by atoms with Crippen LogP contribution in [0.3, 0.4) is 0 Å². The number of guanidine groups is 1. The second kappa shape index (κ2) is 15.4. The lowest BCUT2D eigenvalue weighted by Gasteiger charge is -2.22. The van der Waals surface area contributed by atoms with Gasteiger partial charge in [-0.2, -0.15) is 0 Å². The third kappa shape index (κ3) is 10.1. The molecule has 0 bridgehead atoms. The number of halogens is 1. The van der Waals surface area contributed by atoms with Gasteiger partial charge in [0.1, 0.15) is 0 Å². The first-order valence-corrected chi connectivity index (χ1v) is 9.90. The van der Waals surface area contributed by atoms with E-state index in [9.17, 15) is 4.79 Å². The first-order chi connectivity index (χ1) is 13.0. The summed E-state index contributed by atoms with van der Waals surface area (Å²) in [6.45, 7) is 8.40. The van der Waals surface area contributed by atoms with Crippen LogP contribution in [0.25, 0.3) is 0 Å². The molecule has 0 aliphatic rings. The molecule has 0 heterocycles. The predicted molar refractivity (Wildman–Crippen MR) is 131 cm³/mol. The lowest BCUT2D eigenvalue weighted by atomic mass is 10.1. The van der Waals surface area contributed by atoms with Crippen molar-refractivity contribution in [2.75, 3.05) is 40.8 Å². The number of hydrogen-bond acceptors (Lipinski definition) is 2. The molecule has 5 nitrogen and oxygen atoms in total. The standard InChI is InChI=1S/C22H36N4O.HI/c1-6-8-9-10-11-17-26(5)22(23-7-2)24-16-15-19-13-12-14-20(18-19)21(27)25(3)4;/h6,12-14,18H,1,7-11,15-17H2,2-5H3,(H,23,24);1H. The fourth-order valence-corrected chi connectivity index (χ4v) is 2.80. The zero-order valence-electron chi connectivity index (χ0n) is 17.9. The van der Waals surface area contributed by atoms with Crippen molar-refractivity contribution in [1.29, 1.82) is 0 Å². The average Bonchev–Trinajstić information content (AvgIpc) is 2.66. The van der Waals surface area contributed by atoms with Crippen molar-refractivity contribution in [2.45, 2.75) is 39.0 Å². The number of allylic oxidation sites excluding steroid dienone is 1. The monoisotopic (exact) mass is 500 g/mol. The van der Waals surface area contributed by atoms with Gasteiger partial charge in [-0.15, -0.1) is 30.6 Å². The molecule has 28 heavy (non-hydrogen) atoms. The van der Waals surface area contributed by atoms with Crippen LogP contribution in [0.2, 0.25) is 0 Å². The molecule has 1 amide bonds. The van der Waals surface area contributed by atoms with E-state index in [0.717, 1.165) is 49.4 Å². The van der Waals surface area contributed by atoms with E-state index in [1.54, 1.807) is 19.0 Å². The van der Waals surface area contributed by atoms with E-state index in [1.165, 1.54) is 12.8 Å². The van der Waals surface area contributed by atoms with Gasteiger partial charge in [-0.05, 0) is 50.3 Å². The molecule has 0 atom stereocenters. The summed E-state index contributed by atoms with van der Waals surface area (Å²) in [5, 5.41) is 3.36. The lowest BCUT2D eigenvalue weighted by Crippen LogP contribution is -2.39. The van der Waals surface area contributed by atoms with E-state index in [2.05, 4.69) is 36.8 Å². The molecule has 158 valence electrons. The third-order valence-corrected chi connectivity index (χ3v) is 4.34. The summed E-state index contributed by atoms with van der Waals surface area (Å²) in [6, 6.07) is 7.82. The van der Waals surface area contributed by atoms with Crippen molar-refractivity contribution in [3.63, 3.8) is 0 Å². The highest BCUT2D eigenvalue weighted by molar-refractivity contribution is 14.0. The molecule has 1 rings (SSSR count). The van der Waals surface area contributed by atoms with Gasteiger partial charge in [-0.3, -0.25) is 9.79 Å². The van der Waals surface area contributed by atoms with Gasteiger partial charge in [0.2, 0.25) is 0 Å². The van der Waals surface area contributed by atoms with Crippen LogP contribution in [-0.4, -0.2) is 62.4 Å². The van der Waals surface area contributed by atoms with Crippen LogP contribution in [0.15, 0.2) is 41.9 Å². The number of hydrogen-bond donors (Lipinski definition) is 1. The van der Waals surface area contributed by atoms with Gasteiger partial charge in [0.25, 0.3) is 5.91 Å². The number of aliphatic imine (C=N–C) groups is 1. The summed E-state index contributed by atoms with van der Waals surface area (Å²) in [5.74, 6) is 0.978. The summed E-state index contributed by atoms with van der Waals surface area (Å²) < 4.78 is 0. The van der Waals surface area contributed by atoms with Crippen molar-refractivity contribution >= 4 is 35.8 Å². The molecule has 0 aromatic heterocycles. The first kappa shape index (κ1) is 26.4. The second-order valence-corrected chi connectivity index (χ2v) is 6.95. The third-order valence-electron chi connectivity index (χ3n) is 4.34. The van der Waals surface area contributed by atoms with Crippen LogP contribution in [0.5, 0.6) is 0 Å². The maximum atomic E-state index is 12.1. The first-order valence-electron chi connectivity index (χ1n) is 9.90. The second-order valence-electron chi connectivity index (χ2n) is 6.95. The number of nitrogens with one attached hydrogen (secondary N) is 1. The van der Waals surface area contributed by atoms with Gasteiger partial charge in [-0.25, -0.2) is 0 Å². The van der Waals surface area contributed by atoms with Crippen molar-refractivity contribution in [3.05, 3.63) is 48.0 Å². The fourth-order valence-electron chi connectivity index (χ4n) is 2.80. The van der Waals surface area contributed by atoms with Crippen LogP contribution in [-0.2, 0) is 6.42 Å². The fraction of sp³-hybridized carbons (Fsp3) is 0.545. The van der Waals surface area contributed by atoms with Gasteiger partial charge >= 0.3 is 0 Å². The number of benzene rings is 1. The largest absolute Gasteiger partial charge is 0.357 e. The highest BCUT2D eigenvalue weighted by atomic mass is 127. The van der Waals surface area contributed by atoms with Crippen LogP contribution < -0.4 is 5.32 Å². The van der Waals surface area contributed by atoms with Crippen LogP contribution in [0.4, 0.5) is 0 Å². The summed E-state index contributed by atoms with van der Waals surface area (Å²) in [7, 11) is 5.63. The summed E-state index contributed by atoms with van der Waals surface area (Å²) in [4.78, 5) is 20.6. The average molecular weight is 500 g/mol. The van der Waals surface area contributed by atoms with Crippen molar-refractivity contribution < 1.29 is 4.79 Å². The molecule has 1 aromatic rings. The molecule has 1 N–H and O–H groups in total. The maximum Gasteiger partial charge on any atom is 0.253 e. The van der Waals surface area contributed by atoms with Crippen LogP contribution in [0, 0.1) is 0 Å². The highest BCUT2D eigenvalue weighted by Gasteiger charge is 2.08. The zero-order chi connectivity index (χ0) is 20.1. The molecular formula is C22H37IN4O. The van der Waals surface area contributed by atoms with E-state index in [-0.39, 0.29) is 29.9 Å². The van der Waals surface area contributed by atoms with Crippen molar-refractivity contribution in [1.82, 2.24) is 15.1 Å². The number of carbonyl (C=O) groups excluding carboxylic acids is 1. The van der Waals surface area contributed by atoms with E-state index in [0.29, 0.717) is 6.54 Å². The normalized spacial score (nSPS) is 10.8. The number of amides is 1. The van der Waals surface area contributed by atoms with Gasteiger partial charge in [0.05, 0.1) is 0 Å². The minimum atomic E-state index is 0. The molecule has 1 aromatic carbocycles. The molecule has 0 saturated carbocycles. The minimum absolute atomic E-state index is 0. The van der Waals surface area contributed by atoms with Crippen molar-refractivity contribution in [3.8, 4) is 0 Å². The molecule has 0 aliphatic heterocycles. The van der Waals surface area contributed by atoms with Gasteiger partial charge in [0.15, 0.2) is 5.96 Å². The molecular weight excluding hydrogens is 463 g/mol. The van der Waals surface area contributed by atoms with Crippen LogP contribution >= 0.6 is 24.0 Å². The Bertz CT molecular complexity index is 616. The van der Waals surface area contributed by atoms with E-state index in [4.69, 9.17) is 4.99 Å². The van der Waals surface area contributed by atoms with Gasteiger partial charge in [-0.1, -0.05) is 24.6 Å². The molecule has 0 saturated heterocycles. The van der Waals surface area contributed by atoms with Crippen molar-refractivity contribution in [2.24, 2.45) is 4.99 Å². The Kier molecular flexibility index (Phi) is 14.5. The minimum Gasteiger partial charge on any atom is -0.357 e. The van der Waals surface area contributed by atoms with Crippen LogP contribution in [0.1, 0.15) is 48.5 Å². The molecule has 0 spiro atoms. The Balaban J connectivity index is 0.00000729.